The smallest absolute Gasteiger partial charge is 0.317 e. The Morgan fingerprint density at radius 2 is 2.24 bits per heavy atom. The Morgan fingerprint density at radius 1 is 1.48 bits per heavy atom. The number of aromatic nitrogens is 2. The summed E-state index contributed by atoms with van der Waals surface area (Å²) >= 11 is 2.70. The quantitative estimate of drug-likeness (QED) is 0.663. The van der Waals surface area contributed by atoms with Crippen LogP contribution in [-0.4, -0.2) is 56.1 Å². The zero-order chi connectivity index (χ0) is 15.2. The highest BCUT2D eigenvalue weighted by Gasteiger charge is 2.31. The third-order valence-corrected chi connectivity index (χ3v) is 4.64. The monoisotopic (exact) mass is 330 g/mol. The second kappa shape index (κ2) is 7.71. The van der Waals surface area contributed by atoms with E-state index in [1.807, 2.05) is 0 Å². The molecule has 2 rings (SSSR count). The lowest BCUT2D eigenvalue weighted by Crippen LogP contribution is -2.38. The van der Waals surface area contributed by atoms with E-state index in [1.54, 1.807) is 16.7 Å². The Hall–Kier alpha value is -1.19. The highest BCUT2D eigenvalue weighted by molar-refractivity contribution is 7.99. The number of carbonyl (C=O) groups is 2. The number of carboxylic acids is 1. The maximum Gasteiger partial charge on any atom is 0.317 e. The predicted octanol–water partition coefficient (Wildman–Crippen LogP) is 1.53. The molecule has 0 aliphatic heterocycles. The molecule has 0 saturated heterocycles. The Balaban J connectivity index is 1.82. The van der Waals surface area contributed by atoms with Gasteiger partial charge in [0, 0.05) is 23.3 Å². The van der Waals surface area contributed by atoms with E-state index < -0.39 is 5.97 Å². The largest absolute Gasteiger partial charge is 0.480 e. The van der Waals surface area contributed by atoms with Gasteiger partial charge in [0.2, 0.25) is 16.2 Å². The van der Waals surface area contributed by atoms with Crippen molar-refractivity contribution in [3.8, 4) is 0 Å². The zero-order valence-corrected chi connectivity index (χ0v) is 13.4. The standard InChI is InChI=1S/C12H18N4O3S2/c1-2-5-20-12-14-11(21-15-12)13-9(17)6-16(7-10(18)19)8-3-4-8/h8H,2-7H2,1H3,(H,18,19)(H,13,14,15,17). The van der Waals surface area contributed by atoms with Crippen molar-refractivity contribution in [1.29, 1.82) is 0 Å². The average Bonchev–Trinajstić information content (AvgIpc) is 3.17. The molecule has 21 heavy (non-hydrogen) atoms. The van der Waals surface area contributed by atoms with E-state index in [0.29, 0.717) is 10.3 Å². The fourth-order valence-electron chi connectivity index (χ4n) is 1.78. The van der Waals surface area contributed by atoms with Crippen LogP contribution in [0.1, 0.15) is 26.2 Å². The van der Waals surface area contributed by atoms with E-state index >= 15 is 0 Å². The molecule has 1 fully saturated rings. The molecule has 1 aromatic rings. The Morgan fingerprint density at radius 3 is 2.86 bits per heavy atom. The molecule has 0 radical (unpaired) electrons. The number of carboxylic acid groups (broad SMARTS) is 1. The molecule has 1 amide bonds. The van der Waals surface area contributed by atoms with Crippen LogP contribution in [0.2, 0.25) is 0 Å². The minimum absolute atomic E-state index is 0.0774. The van der Waals surface area contributed by atoms with Crippen molar-refractivity contribution in [2.45, 2.75) is 37.4 Å². The van der Waals surface area contributed by atoms with Gasteiger partial charge in [-0.05, 0) is 19.3 Å². The molecule has 1 saturated carbocycles. The van der Waals surface area contributed by atoms with Crippen LogP contribution >= 0.6 is 23.3 Å². The van der Waals surface area contributed by atoms with Crippen LogP contribution in [0, 0.1) is 0 Å². The molecule has 1 aliphatic carbocycles. The minimum Gasteiger partial charge on any atom is -0.480 e. The van der Waals surface area contributed by atoms with Gasteiger partial charge in [-0.3, -0.25) is 19.8 Å². The van der Waals surface area contributed by atoms with Crippen LogP contribution in [0.5, 0.6) is 0 Å². The summed E-state index contributed by atoms with van der Waals surface area (Å²) in [6.07, 6.45) is 2.95. The lowest BCUT2D eigenvalue weighted by molar-refractivity contribution is -0.138. The summed E-state index contributed by atoms with van der Waals surface area (Å²) in [4.78, 5) is 28.6. The number of anilines is 1. The number of carbonyl (C=O) groups excluding carboxylic acids is 1. The first-order valence-corrected chi connectivity index (χ1v) is 8.56. The molecule has 7 nitrogen and oxygen atoms in total. The molecule has 2 N–H and O–H groups in total. The molecule has 116 valence electrons. The fourth-order valence-corrected chi connectivity index (χ4v) is 3.20. The number of thioether (sulfide) groups is 1. The van der Waals surface area contributed by atoms with E-state index in [2.05, 4.69) is 21.6 Å². The number of amides is 1. The van der Waals surface area contributed by atoms with Gasteiger partial charge < -0.3 is 5.11 Å². The molecule has 9 heteroatoms. The van der Waals surface area contributed by atoms with Crippen molar-refractivity contribution in [1.82, 2.24) is 14.3 Å². The Bertz CT molecular complexity index is 504. The van der Waals surface area contributed by atoms with Gasteiger partial charge in [-0.1, -0.05) is 18.7 Å². The summed E-state index contributed by atoms with van der Waals surface area (Å²) in [5.41, 5.74) is 0. The van der Waals surface area contributed by atoms with Crippen LogP contribution in [0.3, 0.4) is 0 Å². The maximum atomic E-state index is 11.9. The first-order chi connectivity index (χ1) is 10.1. The van der Waals surface area contributed by atoms with E-state index in [0.717, 1.165) is 36.5 Å². The van der Waals surface area contributed by atoms with Crippen molar-refractivity contribution in [3.63, 3.8) is 0 Å². The highest BCUT2D eigenvalue weighted by Crippen LogP contribution is 2.26. The number of aliphatic carboxylic acids is 1. The molecular weight excluding hydrogens is 312 g/mol. The first-order valence-electron chi connectivity index (χ1n) is 6.80. The molecule has 0 spiro atoms. The summed E-state index contributed by atoms with van der Waals surface area (Å²) in [7, 11) is 0. The number of hydrogen-bond acceptors (Lipinski definition) is 7. The van der Waals surface area contributed by atoms with Crippen LogP contribution in [0.25, 0.3) is 0 Å². The van der Waals surface area contributed by atoms with Gasteiger partial charge in [0.25, 0.3) is 0 Å². The predicted molar refractivity (Wildman–Crippen MR) is 81.8 cm³/mol. The molecule has 0 atom stereocenters. The van der Waals surface area contributed by atoms with Crippen LogP contribution < -0.4 is 5.32 Å². The average molecular weight is 330 g/mol. The van der Waals surface area contributed by atoms with Gasteiger partial charge in [-0.2, -0.15) is 9.36 Å². The van der Waals surface area contributed by atoms with Gasteiger partial charge in [0.1, 0.15) is 0 Å². The van der Waals surface area contributed by atoms with Crippen LogP contribution in [0.15, 0.2) is 5.16 Å². The third kappa shape index (κ3) is 5.60. The van der Waals surface area contributed by atoms with Gasteiger partial charge in [0.05, 0.1) is 13.1 Å². The van der Waals surface area contributed by atoms with Gasteiger partial charge >= 0.3 is 5.97 Å². The lowest BCUT2D eigenvalue weighted by Gasteiger charge is -2.18. The summed E-state index contributed by atoms with van der Waals surface area (Å²) in [6, 6.07) is 0.219. The van der Waals surface area contributed by atoms with E-state index in [-0.39, 0.29) is 25.0 Å². The molecule has 0 aromatic carbocycles. The van der Waals surface area contributed by atoms with Crippen molar-refractivity contribution < 1.29 is 14.7 Å². The number of nitrogens with one attached hydrogen (secondary N) is 1. The fraction of sp³-hybridized carbons (Fsp3) is 0.667. The van der Waals surface area contributed by atoms with Crippen molar-refractivity contribution >= 4 is 40.3 Å². The van der Waals surface area contributed by atoms with E-state index in [4.69, 9.17) is 5.11 Å². The van der Waals surface area contributed by atoms with Crippen molar-refractivity contribution in [2.24, 2.45) is 0 Å². The second-order valence-corrected chi connectivity index (χ2v) is 6.62. The highest BCUT2D eigenvalue weighted by atomic mass is 32.2. The minimum atomic E-state index is -0.913. The summed E-state index contributed by atoms with van der Waals surface area (Å²) in [5, 5.41) is 12.7. The Kier molecular flexibility index (Phi) is 5.95. The first kappa shape index (κ1) is 16.2. The van der Waals surface area contributed by atoms with Crippen molar-refractivity contribution in [3.05, 3.63) is 0 Å². The number of hydrogen-bond donors (Lipinski definition) is 2. The van der Waals surface area contributed by atoms with E-state index in [1.165, 1.54) is 0 Å². The molecule has 1 heterocycles. The van der Waals surface area contributed by atoms with Crippen LogP contribution in [-0.2, 0) is 9.59 Å². The maximum absolute atomic E-state index is 11.9. The molecular formula is C12H18N4O3S2. The molecule has 1 aliphatic rings. The van der Waals surface area contributed by atoms with E-state index in [9.17, 15) is 9.59 Å². The van der Waals surface area contributed by atoms with Crippen molar-refractivity contribution in [2.75, 3.05) is 24.2 Å². The third-order valence-electron chi connectivity index (χ3n) is 2.84. The van der Waals surface area contributed by atoms with Gasteiger partial charge in [0.15, 0.2) is 0 Å². The van der Waals surface area contributed by atoms with Crippen LogP contribution in [0.4, 0.5) is 5.13 Å². The normalized spacial score (nSPS) is 14.4. The summed E-state index contributed by atoms with van der Waals surface area (Å²) in [6.45, 7) is 2.05. The SMILES string of the molecule is CCCSc1nsc(NC(=O)CN(CC(=O)O)C2CC2)n1. The second-order valence-electron chi connectivity index (χ2n) is 4.81. The molecule has 0 bridgehead atoms. The molecule has 0 unspecified atom stereocenters. The van der Waals surface area contributed by atoms with Gasteiger partial charge in [-0.25, -0.2) is 0 Å². The molecule has 1 aromatic heterocycles. The number of rotatable bonds is 9. The van der Waals surface area contributed by atoms with Gasteiger partial charge in [-0.15, -0.1) is 0 Å². The summed E-state index contributed by atoms with van der Waals surface area (Å²) < 4.78 is 4.15. The lowest BCUT2D eigenvalue weighted by atomic mass is 10.4. The Labute approximate surface area is 131 Å². The topological polar surface area (TPSA) is 95.4 Å². The number of nitrogens with zero attached hydrogens (tertiary/aromatic N) is 3. The summed E-state index contributed by atoms with van der Waals surface area (Å²) in [5.74, 6) is -0.215. The zero-order valence-electron chi connectivity index (χ0n) is 11.7.